The molecule has 1 saturated carbocycles. The zero-order valence-corrected chi connectivity index (χ0v) is 16.1. The van der Waals surface area contributed by atoms with Crippen LogP contribution in [0.1, 0.15) is 56.9 Å². The maximum Gasteiger partial charge on any atom is 0.193 e. The first kappa shape index (κ1) is 18.3. The Bertz CT molecular complexity index is 544. The van der Waals surface area contributed by atoms with Crippen LogP contribution in [0.15, 0.2) is 17.4 Å². The Hall–Kier alpha value is -1.52. The van der Waals surface area contributed by atoms with E-state index in [9.17, 15) is 0 Å². The summed E-state index contributed by atoms with van der Waals surface area (Å²) in [5.41, 5.74) is 1.35. The van der Waals surface area contributed by atoms with Crippen molar-refractivity contribution in [2.45, 2.75) is 57.8 Å². The summed E-state index contributed by atoms with van der Waals surface area (Å²) in [6.07, 6.45) is 16.4. The summed E-state index contributed by atoms with van der Waals surface area (Å²) < 4.78 is 1.90. The molecule has 2 heterocycles. The summed E-state index contributed by atoms with van der Waals surface area (Å²) in [6, 6.07) is 0. The molecule has 0 bridgehead atoms. The Kier molecular flexibility index (Phi) is 6.76. The fourth-order valence-electron chi connectivity index (χ4n) is 4.49. The van der Waals surface area contributed by atoms with Crippen molar-refractivity contribution < 1.29 is 0 Å². The van der Waals surface area contributed by atoms with Crippen molar-refractivity contribution in [3.05, 3.63) is 18.0 Å². The van der Waals surface area contributed by atoms with Gasteiger partial charge < -0.3 is 10.2 Å². The van der Waals surface area contributed by atoms with E-state index in [1.807, 2.05) is 25.0 Å². The number of nitrogens with zero attached hydrogens (tertiary/aromatic N) is 4. The average Bonchev–Trinajstić information content (AvgIpc) is 3.34. The van der Waals surface area contributed by atoms with Crippen LogP contribution in [0.4, 0.5) is 0 Å². The average molecular weight is 346 g/mol. The van der Waals surface area contributed by atoms with Gasteiger partial charge in [-0.05, 0) is 36.7 Å². The third kappa shape index (κ3) is 5.48. The number of guanidine groups is 1. The molecule has 2 fully saturated rings. The molecule has 0 spiro atoms. The molecule has 3 rings (SSSR count). The van der Waals surface area contributed by atoms with Crippen molar-refractivity contribution in [1.82, 2.24) is 20.0 Å². The van der Waals surface area contributed by atoms with Crippen LogP contribution in [-0.4, -0.2) is 47.3 Å². The number of hydrogen-bond donors (Lipinski definition) is 1. The Balaban J connectivity index is 1.33. The van der Waals surface area contributed by atoms with E-state index in [4.69, 9.17) is 0 Å². The molecule has 1 saturated heterocycles. The SMILES string of the molecule is CN=C(NCCCCC1CCCC1)N1CCC(Cc2cnn(C)c2)C1. The second kappa shape index (κ2) is 9.25. The van der Waals surface area contributed by atoms with Gasteiger partial charge in [0.05, 0.1) is 6.20 Å². The van der Waals surface area contributed by atoms with Crippen LogP contribution in [-0.2, 0) is 13.5 Å². The Morgan fingerprint density at radius 1 is 1.24 bits per heavy atom. The van der Waals surface area contributed by atoms with Gasteiger partial charge in [0.2, 0.25) is 0 Å². The van der Waals surface area contributed by atoms with Crippen LogP contribution < -0.4 is 5.32 Å². The van der Waals surface area contributed by atoms with Crippen LogP contribution in [0.3, 0.4) is 0 Å². The second-order valence-electron chi connectivity index (χ2n) is 7.95. The molecule has 1 N–H and O–H groups in total. The number of aryl methyl sites for hydroxylation is 1. The van der Waals surface area contributed by atoms with Gasteiger partial charge in [-0.15, -0.1) is 0 Å². The first-order chi connectivity index (χ1) is 12.2. The second-order valence-corrected chi connectivity index (χ2v) is 7.95. The quantitative estimate of drug-likeness (QED) is 0.469. The summed E-state index contributed by atoms with van der Waals surface area (Å²) in [4.78, 5) is 6.93. The predicted molar refractivity (Wildman–Crippen MR) is 104 cm³/mol. The molecule has 1 unspecified atom stereocenters. The third-order valence-corrected chi connectivity index (χ3v) is 5.88. The molecule has 1 aliphatic carbocycles. The van der Waals surface area contributed by atoms with Crippen LogP contribution in [0.2, 0.25) is 0 Å². The van der Waals surface area contributed by atoms with Crippen molar-refractivity contribution in [1.29, 1.82) is 0 Å². The van der Waals surface area contributed by atoms with Crippen LogP contribution in [0, 0.1) is 11.8 Å². The molecule has 5 heteroatoms. The van der Waals surface area contributed by atoms with E-state index in [-0.39, 0.29) is 0 Å². The lowest BCUT2D eigenvalue weighted by molar-refractivity contribution is 0.450. The van der Waals surface area contributed by atoms with Crippen molar-refractivity contribution in [2.24, 2.45) is 23.9 Å². The fraction of sp³-hybridized carbons (Fsp3) is 0.800. The molecule has 0 radical (unpaired) electrons. The maximum absolute atomic E-state index is 4.51. The molecule has 1 aromatic heterocycles. The number of aliphatic imine (C=N–C) groups is 1. The van der Waals surface area contributed by atoms with Gasteiger partial charge in [0.15, 0.2) is 5.96 Å². The number of likely N-dealkylation sites (tertiary alicyclic amines) is 1. The van der Waals surface area contributed by atoms with E-state index in [2.05, 4.69) is 26.5 Å². The standard InChI is InChI=1S/C20H35N5/c1-21-20(22-11-6-5-9-17-7-3-4-8-17)25-12-10-18(16-25)13-19-14-23-24(2)15-19/h14-15,17-18H,3-13,16H2,1-2H3,(H,21,22). The van der Waals surface area contributed by atoms with E-state index in [0.29, 0.717) is 5.92 Å². The minimum absolute atomic E-state index is 0.713. The van der Waals surface area contributed by atoms with Crippen LogP contribution >= 0.6 is 0 Å². The minimum atomic E-state index is 0.713. The van der Waals surface area contributed by atoms with Gasteiger partial charge in [-0.2, -0.15) is 5.10 Å². The predicted octanol–water partition coefficient (Wildman–Crippen LogP) is 3.22. The van der Waals surface area contributed by atoms with Gasteiger partial charge in [-0.25, -0.2) is 0 Å². The lowest BCUT2D eigenvalue weighted by atomic mass is 10.0. The Labute approximate surface area is 152 Å². The molecule has 0 aromatic carbocycles. The summed E-state index contributed by atoms with van der Waals surface area (Å²) >= 11 is 0. The molecular formula is C20H35N5. The molecule has 140 valence electrons. The number of rotatable bonds is 7. The highest BCUT2D eigenvalue weighted by Crippen LogP contribution is 2.28. The molecular weight excluding hydrogens is 310 g/mol. The first-order valence-corrected chi connectivity index (χ1v) is 10.2. The molecule has 5 nitrogen and oxygen atoms in total. The molecule has 25 heavy (non-hydrogen) atoms. The van der Waals surface area contributed by atoms with Gasteiger partial charge in [-0.1, -0.05) is 38.5 Å². The van der Waals surface area contributed by atoms with Crippen molar-refractivity contribution in [3.8, 4) is 0 Å². The first-order valence-electron chi connectivity index (χ1n) is 10.2. The van der Waals surface area contributed by atoms with E-state index in [1.165, 1.54) is 56.9 Å². The lowest BCUT2D eigenvalue weighted by Crippen LogP contribution is -2.40. The maximum atomic E-state index is 4.51. The van der Waals surface area contributed by atoms with E-state index >= 15 is 0 Å². The van der Waals surface area contributed by atoms with Crippen molar-refractivity contribution in [3.63, 3.8) is 0 Å². The van der Waals surface area contributed by atoms with Crippen molar-refractivity contribution in [2.75, 3.05) is 26.7 Å². The number of unbranched alkanes of at least 4 members (excludes halogenated alkanes) is 1. The van der Waals surface area contributed by atoms with E-state index in [1.54, 1.807) is 0 Å². The molecule has 1 aromatic rings. The number of aromatic nitrogens is 2. The highest BCUT2D eigenvalue weighted by atomic mass is 15.3. The van der Waals surface area contributed by atoms with Gasteiger partial charge >= 0.3 is 0 Å². The molecule has 0 amide bonds. The van der Waals surface area contributed by atoms with E-state index < -0.39 is 0 Å². The van der Waals surface area contributed by atoms with Gasteiger partial charge in [0, 0.05) is 39.9 Å². The minimum Gasteiger partial charge on any atom is -0.356 e. The summed E-state index contributed by atoms with van der Waals surface area (Å²) in [5, 5.41) is 7.87. The zero-order chi connectivity index (χ0) is 17.5. The van der Waals surface area contributed by atoms with Gasteiger partial charge in [0.25, 0.3) is 0 Å². The van der Waals surface area contributed by atoms with Crippen LogP contribution in [0.5, 0.6) is 0 Å². The van der Waals surface area contributed by atoms with Crippen molar-refractivity contribution >= 4 is 5.96 Å². The zero-order valence-electron chi connectivity index (χ0n) is 16.1. The normalized spacial score (nSPS) is 22.1. The molecule has 1 atom stereocenters. The summed E-state index contributed by atoms with van der Waals surface area (Å²) in [5.74, 6) is 2.82. The largest absolute Gasteiger partial charge is 0.356 e. The van der Waals surface area contributed by atoms with Gasteiger partial charge in [0.1, 0.15) is 0 Å². The topological polar surface area (TPSA) is 45.5 Å². The number of hydrogen-bond acceptors (Lipinski definition) is 2. The molecule has 2 aliphatic rings. The smallest absolute Gasteiger partial charge is 0.193 e. The summed E-state index contributed by atoms with van der Waals surface area (Å²) in [6.45, 7) is 3.28. The van der Waals surface area contributed by atoms with Crippen LogP contribution in [0.25, 0.3) is 0 Å². The highest BCUT2D eigenvalue weighted by Gasteiger charge is 2.25. The lowest BCUT2D eigenvalue weighted by Gasteiger charge is -2.22. The highest BCUT2D eigenvalue weighted by molar-refractivity contribution is 5.80. The number of nitrogens with one attached hydrogen (secondary N) is 1. The molecule has 1 aliphatic heterocycles. The van der Waals surface area contributed by atoms with Gasteiger partial charge in [-0.3, -0.25) is 9.67 Å². The summed E-state index contributed by atoms with van der Waals surface area (Å²) in [7, 11) is 3.90. The monoisotopic (exact) mass is 345 g/mol. The fourth-order valence-corrected chi connectivity index (χ4v) is 4.49. The third-order valence-electron chi connectivity index (χ3n) is 5.88. The Morgan fingerprint density at radius 3 is 2.80 bits per heavy atom. The Morgan fingerprint density at radius 2 is 2.08 bits per heavy atom. The van der Waals surface area contributed by atoms with E-state index in [0.717, 1.165) is 37.9 Å².